The fourth-order valence-electron chi connectivity index (χ4n) is 3.69. The number of rotatable bonds is 8. The van der Waals surface area contributed by atoms with Crippen LogP contribution in [0.15, 0.2) is 23.4 Å². The van der Waals surface area contributed by atoms with Gasteiger partial charge in [-0.2, -0.15) is 0 Å². The van der Waals surface area contributed by atoms with Crippen LogP contribution in [-0.2, 0) is 14.3 Å². The Kier molecular flexibility index (Phi) is 7.59. The molecule has 0 saturated carbocycles. The second kappa shape index (κ2) is 10.4. The lowest BCUT2D eigenvalue weighted by Gasteiger charge is -2.33. The summed E-state index contributed by atoms with van der Waals surface area (Å²) in [5.41, 5.74) is 1.36. The highest BCUT2D eigenvalue weighted by atomic mass is 16.5. The Hall–Kier alpha value is -2.98. The normalized spacial score (nSPS) is 19.4. The fraction of sp³-hybridized carbons (Fsp3) is 0.524. The van der Waals surface area contributed by atoms with Crippen molar-refractivity contribution in [1.29, 1.82) is 0 Å². The van der Waals surface area contributed by atoms with E-state index >= 15 is 0 Å². The van der Waals surface area contributed by atoms with Crippen molar-refractivity contribution >= 4 is 12.0 Å². The first kappa shape index (κ1) is 22.7. The van der Waals surface area contributed by atoms with Crippen molar-refractivity contribution in [2.75, 3.05) is 60.8 Å². The van der Waals surface area contributed by atoms with Crippen LogP contribution in [0.5, 0.6) is 17.2 Å². The number of methoxy groups -OCH3 is 3. The van der Waals surface area contributed by atoms with Crippen LogP contribution in [0.4, 0.5) is 4.79 Å². The highest BCUT2D eigenvalue weighted by Gasteiger charge is 2.36. The minimum absolute atomic E-state index is 0.205. The van der Waals surface area contributed by atoms with E-state index in [0.29, 0.717) is 66.9 Å². The lowest BCUT2D eigenvalue weighted by molar-refractivity contribution is -0.139. The van der Waals surface area contributed by atoms with Gasteiger partial charge in [0.2, 0.25) is 0 Å². The van der Waals surface area contributed by atoms with Gasteiger partial charge in [-0.15, -0.1) is 0 Å². The Bertz CT molecular complexity index is 850. The lowest BCUT2D eigenvalue weighted by Crippen LogP contribution is -2.49. The average molecular weight is 435 g/mol. The SMILES string of the molecule is CCOC(=O)C1=C(CN2CCOCC2)NC(=O)NC1c1cc(OC)c(OC)cc1OC. The minimum atomic E-state index is -0.793. The van der Waals surface area contributed by atoms with Crippen molar-refractivity contribution in [2.24, 2.45) is 0 Å². The summed E-state index contributed by atoms with van der Waals surface area (Å²) in [5, 5.41) is 5.62. The van der Waals surface area contributed by atoms with Crippen LogP contribution >= 0.6 is 0 Å². The number of nitrogens with one attached hydrogen (secondary N) is 2. The largest absolute Gasteiger partial charge is 0.496 e. The quantitative estimate of drug-likeness (QED) is 0.587. The maximum atomic E-state index is 13.0. The number of esters is 1. The van der Waals surface area contributed by atoms with Gasteiger partial charge < -0.3 is 34.3 Å². The van der Waals surface area contributed by atoms with Crippen LogP contribution < -0.4 is 24.8 Å². The molecular formula is C21H29N3O7. The molecule has 2 amide bonds. The summed E-state index contributed by atoms with van der Waals surface area (Å²) < 4.78 is 27.0. The second-order valence-electron chi connectivity index (χ2n) is 6.98. The standard InChI is InChI=1S/C21H29N3O7/c1-5-31-20(25)18-14(12-24-6-8-30-9-7-24)22-21(26)23-19(18)13-10-16(28-3)17(29-4)11-15(13)27-2/h10-11,19H,5-9,12H2,1-4H3,(H2,22,23,26). The third-order valence-electron chi connectivity index (χ3n) is 5.18. The van der Waals surface area contributed by atoms with Crippen LogP contribution in [0.2, 0.25) is 0 Å². The van der Waals surface area contributed by atoms with Gasteiger partial charge in [-0.3, -0.25) is 4.90 Å². The van der Waals surface area contributed by atoms with Crippen molar-refractivity contribution in [2.45, 2.75) is 13.0 Å². The molecule has 1 saturated heterocycles. The summed E-state index contributed by atoms with van der Waals surface area (Å²) in [6, 6.07) is 2.14. The molecule has 0 spiro atoms. The molecule has 10 nitrogen and oxygen atoms in total. The predicted octanol–water partition coefficient (Wildman–Crippen LogP) is 1.22. The number of nitrogens with zero attached hydrogens (tertiary/aromatic N) is 1. The van der Waals surface area contributed by atoms with Gasteiger partial charge in [0, 0.05) is 37.0 Å². The minimum Gasteiger partial charge on any atom is -0.496 e. The van der Waals surface area contributed by atoms with Gasteiger partial charge >= 0.3 is 12.0 Å². The second-order valence-corrected chi connectivity index (χ2v) is 6.98. The molecule has 1 fully saturated rings. The lowest BCUT2D eigenvalue weighted by atomic mass is 9.93. The number of carbonyl (C=O) groups excluding carboxylic acids is 2. The van der Waals surface area contributed by atoms with Crippen LogP contribution in [0.25, 0.3) is 0 Å². The first-order chi connectivity index (χ1) is 15.0. The zero-order valence-electron chi connectivity index (χ0n) is 18.3. The van der Waals surface area contributed by atoms with Crippen molar-refractivity contribution < 1.29 is 33.3 Å². The number of hydrogen-bond acceptors (Lipinski definition) is 8. The Labute approximate surface area is 181 Å². The Morgan fingerprint density at radius 1 is 1.10 bits per heavy atom. The third kappa shape index (κ3) is 5.02. The number of morpholine rings is 1. The molecule has 1 aromatic carbocycles. The average Bonchev–Trinajstić information content (AvgIpc) is 2.78. The van der Waals surface area contributed by atoms with Crippen molar-refractivity contribution in [3.8, 4) is 17.2 Å². The highest BCUT2D eigenvalue weighted by Crippen LogP contribution is 2.41. The molecule has 0 aromatic heterocycles. The molecule has 170 valence electrons. The Balaban J connectivity index is 2.10. The van der Waals surface area contributed by atoms with Crippen molar-refractivity contribution in [3.63, 3.8) is 0 Å². The van der Waals surface area contributed by atoms with E-state index in [9.17, 15) is 9.59 Å². The summed E-state index contributed by atoms with van der Waals surface area (Å²) in [5.74, 6) is 0.847. The molecule has 1 aromatic rings. The number of ether oxygens (including phenoxy) is 5. The maximum absolute atomic E-state index is 13.0. The molecule has 1 atom stereocenters. The molecule has 2 heterocycles. The van der Waals surface area contributed by atoms with Crippen LogP contribution in [0.1, 0.15) is 18.5 Å². The molecule has 2 aliphatic rings. The number of carbonyl (C=O) groups is 2. The van der Waals surface area contributed by atoms with E-state index in [1.807, 2.05) is 0 Å². The number of urea groups is 1. The van der Waals surface area contributed by atoms with Gasteiger partial charge in [-0.05, 0) is 13.0 Å². The number of benzene rings is 1. The van der Waals surface area contributed by atoms with Crippen LogP contribution in [0.3, 0.4) is 0 Å². The third-order valence-corrected chi connectivity index (χ3v) is 5.18. The summed E-state index contributed by atoms with van der Waals surface area (Å²) in [4.78, 5) is 27.7. The predicted molar refractivity (Wildman–Crippen MR) is 111 cm³/mol. The van der Waals surface area contributed by atoms with E-state index in [0.717, 1.165) is 0 Å². The topological polar surface area (TPSA) is 108 Å². The van der Waals surface area contributed by atoms with Gasteiger partial charge in [-0.25, -0.2) is 9.59 Å². The van der Waals surface area contributed by atoms with Crippen molar-refractivity contribution in [3.05, 3.63) is 29.0 Å². The summed E-state index contributed by atoms with van der Waals surface area (Å²) >= 11 is 0. The van der Waals surface area contributed by atoms with Gasteiger partial charge in [0.1, 0.15) is 5.75 Å². The van der Waals surface area contributed by atoms with Gasteiger partial charge in [-0.1, -0.05) is 0 Å². The Morgan fingerprint density at radius 2 is 1.74 bits per heavy atom. The van der Waals surface area contributed by atoms with E-state index in [-0.39, 0.29) is 6.61 Å². The van der Waals surface area contributed by atoms with Gasteiger partial charge in [0.25, 0.3) is 0 Å². The van der Waals surface area contributed by atoms with E-state index in [1.54, 1.807) is 19.1 Å². The van der Waals surface area contributed by atoms with Crippen LogP contribution in [0, 0.1) is 0 Å². The van der Waals surface area contributed by atoms with E-state index in [1.165, 1.54) is 21.3 Å². The fourth-order valence-corrected chi connectivity index (χ4v) is 3.69. The van der Waals surface area contributed by atoms with E-state index in [4.69, 9.17) is 23.7 Å². The van der Waals surface area contributed by atoms with Gasteiger partial charge in [0.05, 0.1) is 52.8 Å². The van der Waals surface area contributed by atoms with Crippen molar-refractivity contribution in [1.82, 2.24) is 15.5 Å². The first-order valence-electron chi connectivity index (χ1n) is 10.1. The van der Waals surface area contributed by atoms with E-state index < -0.39 is 18.0 Å². The zero-order valence-corrected chi connectivity index (χ0v) is 18.3. The smallest absolute Gasteiger partial charge is 0.338 e. The monoisotopic (exact) mass is 435 g/mol. The molecule has 1 unspecified atom stereocenters. The molecule has 3 rings (SSSR count). The zero-order chi connectivity index (χ0) is 22.4. The van der Waals surface area contributed by atoms with Crippen LogP contribution in [-0.4, -0.2) is 77.7 Å². The molecule has 10 heteroatoms. The molecule has 31 heavy (non-hydrogen) atoms. The molecule has 0 bridgehead atoms. The summed E-state index contributed by atoms with van der Waals surface area (Å²) in [6.45, 7) is 4.93. The highest BCUT2D eigenvalue weighted by molar-refractivity contribution is 5.95. The Morgan fingerprint density at radius 3 is 2.35 bits per heavy atom. The molecule has 2 N–H and O–H groups in total. The number of amides is 2. The summed E-state index contributed by atoms with van der Waals surface area (Å²) in [6.07, 6.45) is 0. The molecular weight excluding hydrogens is 406 g/mol. The first-order valence-corrected chi connectivity index (χ1v) is 10.1. The number of hydrogen-bond donors (Lipinski definition) is 2. The maximum Gasteiger partial charge on any atom is 0.338 e. The van der Waals surface area contributed by atoms with Gasteiger partial charge in [0.15, 0.2) is 11.5 Å². The molecule has 0 radical (unpaired) electrons. The summed E-state index contributed by atoms with van der Waals surface area (Å²) in [7, 11) is 4.55. The molecule has 2 aliphatic heterocycles. The molecule has 0 aliphatic carbocycles. The van der Waals surface area contributed by atoms with E-state index in [2.05, 4.69) is 15.5 Å².